The van der Waals surface area contributed by atoms with Crippen molar-refractivity contribution < 1.29 is 14.3 Å². The average molecular weight is 251 g/mol. The predicted molar refractivity (Wildman–Crippen MR) is 65.8 cm³/mol. The molecule has 1 saturated heterocycles. The number of pyridine rings is 1. The lowest BCUT2D eigenvalue weighted by Gasteiger charge is -2.12. The summed E-state index contributed by atoms with van der Waals surface area (Å²) in [5, 5.41) is 14.6. The molecule has 1 fully saturated rings. The van der Waals surface area contributed by atoms with Gasteiger partial charge in [-0.2, -0.15) is 0 Å². The molecule has 0 saturated carbocycles. The van der Waals surface area contributed by atoms with Crippen molar-refractivity contribution in [3.05, 3.63) is 29.7 Å². The highest BCUT2D eigenvalue weighted by Crippen LogP contribution is 2.15. The average Bonchev–Trinajstić information content (AvgIpc) is 2.82. The van der Waals surface area contributed by atoms with Gasteiger partial charge in [0, 0.05) is 24.9 Å². The molecule has 0 aliphatic carbocycles. The monoisotopic (exact) mass is 251 g/mol. The molecule has 0 radical (unpaired) electrons. The number of rotatable bonds is 4. The number of carboxylic acid groups (broad SMARTS) is 1. The van der Waals surface area contributed by atoms with Gasteiger partial charge >= 0.3 is 5.97 Å². The zero-order valence-electron chi connectivity index (χ0n) is 9.69. The molecule has 2 heterocycles. The normalized spacial score (nSPS) is 19.3. The van der Waals surface area contributed by atoms with E-state index in [9.17, 15) is 9.18 Å². The molecule has 0 bridgehead atoms. The number of carboxylic acids is 1. The van der Waals surface area contributed by atoms with E-state index in [0.717, 1.165) is 25.6 Å². The first-order valence-corrected chi connectivity index (χ1v) is 5.69. The Balaban J connectivity index is 2.06. The quantitative estimate of drug-likeness (QED) is 0.699. The van der Waals surface area contributed by atoms with E-state index in [1.54, 1.807) is 0 Å². The van der Waals surface area contributed by atoms with Crippen molar-refractivity contribution in [1.29, 1.82) is 0 Å². The third kappa shape index (κ3) is 3.27. The Morgan fingerprint density at radius 1 is 1.67 bits per heavy atom. The molecule has 96 valence electrons. The van der Waals surface area contributed by atoms with Gasteiger partial charge in [0.05, 0.1) is 0 Å². The largest absolute Gasteiger partial charge is 0.478 e. The number of hydrogen-bond acceptors (Lipinski definition) is 4. The fraction of sp³-hybridized carbons (Fsp3) is 0.333. The van der Waals surface area contributed by atoms with Crippen LogP contribution >= 0.6 is 0 Å². The Hall–Kier alpha value is -1.95. The fourth-order valence-electron chi connectivity index (χ4n) is 1.79. The van der Waals surface area contributed by atoms with Gasteiger partial charge in [-0.25, -0.2) is 14.2 Å². The standard InChI is InChI=1S/C12H14FN3O2/c13-10-5-8(1-2-11(17)18)6-15-12(10)16-9-3-4-14-7-9/h1-2,5-6,9,14H,3-4,7H2,(H,15,16)(H,17,18)/t9-/m1/s1. The van der Waals surface area contributed by atoms with Crippen molar-refractivity contribution in [2.45, 2.75) is 12.5 Å². The van der Waals surface area contributed by atoms with E-state index in [1.165, 1.54) is 18.3 Å². The van der Waals surface area contributed by atoms with E-state index >= 15 is 0 Å². The van der Waals surface area contributed by atoms with E-state index in [4.69, 9.17) is 5.11 Å². The molecular weight excluding hydrogens is 237 g/mol. The van der Waals surface area contributed by atoms with E-state index in [0.29, 0.717) is 5.56 Å². The minimum atomic E-state index is -1.07. The number of anilines is 1. The van der Waals surface area contributed by atoms with E-state index in [-0.39, 0.29) is 11.9 Å². The van der Waals surface area contributed by atoms with Crippen LogP contribution in [0.15, 0.2) is 18.3 Å². The van der Waals surface area contributed by atoms with Crippen LogP contribution in [-0.2, 0) is 4.79 Å². The minimum absolute atomic E-state index is 0.187. The number of nitrogens with one attached hydrogen (secondary N) is 2. The van der Waals surface area contributed by atoms with Gasteiger partial charge < -0.3 is 15.7 Å². The molecule has 2 rings (SSSR count). The molecular formula is C12H14FN3O2. The lowest BCUT2D eigenvalue weighted by molar-refractivity contribution is -0.131. The number of nitrogens with zero attached hydrogens (tertiary/aromatic N) is 1. The molecule has 1 aromatic heterocycles. The number of hydrogen-bond donors (Lipinski definition) is 3. The summed E-state index contributed by atoms with van der Waals surface area (Å²) in [4.78, 5) is 14.3. The molecule has 1 aliphatic rings. The fourth-order valence-corrected chi connectivity index (χ4v) is 1.79. The summed E-state index contributed by atoms with van der Waals surface area (Å²) in [6.07, 6.45) is 4.62. The number of halogens is 1. The maximum Gasteiger partial charge on any atom is 0.328 e. The highest BCUT2D eigenvalue weighted by Gasteiger charge is 2.16. The maximum atomic E-state index is 13.7. The minimum Gasteiger partial charge on any atom is -0.478 e. The van der Waals surface area contributed by atoms with Gasteiger partial charge in [-0.15, -0.1) is 0 Å². The molecule has 1 aromatic rings. The number of carbonyl (C=O) groups is 1. The lowest BCUT2D eigenvalue weighted by atomic mass is 10.2. The second kappa shape index (κ2) is 5.59. The predicted octanol–water partition coefficient (Wildman–Crippen LogP) is 1.09. The molecule has 0 amide bonds. The van der Waals surface area contributed by atoms with Crippen molar-refractivity contribution in [3.8, 4) is 0 Å². The van der Waals surface area contributed by atoms with Crippen LogP contribution in [0.5, 0.6) is 0 Å². The van der Waals surface area contributed by atoms with Crippen LogP contribution in [0.4, 0.5) is 10.2 Å². The van der Waals surface area contributed by atoms with E-state index in [1.807, 2.05) is 0 Å². The van der Waals surface area contributed by atoms with Crippen LogP contribution in [-0.4, -0.2) is 35.2 Å². The van der Waals surface area contributed by atoms with Crippen LogP contribution in [0.1, 0.15) is 12.0 Å². The second-order valence-electron chi connectivity index (χ2n) is 4.10. The first-order chi connectivity index (χ1) is 8.65. The Morgan fingerprint density at radius 2 is 2.50 bits per heavy atom. The summed E-state index contributed by atoms with van der Waals surface area (Å²) in [5.74, 6) is -1.35. The van der Waals surface area contributed by atoms with Crippen molar-refractivity contribution >= 4 is 17.9 Å². The van der Waals surface area contributed by atoms with Gasteiger partial charge in [0.25, 0.3) is 0 Å². The molecule has 0 spiro atoms. The van der Waals surface area contributed by atoms with Gasteiger partial charge in [-0.3, -0.25) is 0 Å². The van der Waals surface area contributed by atoms with Crippen molar-refractivity contribution in [2.75, 3.05) is 18.4 Å². The molecule has 0 aromatic carbocycles. The van der Waals surface area contributed by atoms with Crippen molar-refractivity contribution in [2.24, 2.45) is 0 Å². The molecule has 18 heavy (non-hydrogen) atoms. The molecule has 1 aliphatic heterocycles. The Bertz CT molecular complexity index is 470. The van der Waals surface area contributed by atoms with E-state index < -0.39 is 11.8 Å². The van der Waals surface area contributed by atoms with Gasteiger partial charge in [0.15, 0.2) is 11.6 Å². The Kier molecular flexibility index (Phi) is 3.88. The Morgan fingerprint density at radius 3 is 3.11 bits per heavy atom. The summed E-state index contributed by atoms with van der Waals surface area (Å²) in [7, 11) is 0. The first kappa shape index (κ1) is 12.5. The third-order valence-electron chi connectivity index (χ3n) is 2.68. The van der Waals surface area contributed by atoms with Crippen LogP contribution in [0, 0.1) is 5.82 Å². The summed E-state index contributed by atoms with van der Waals surface area (Å²) in [5.41, 5.74) is 0.421. The number of aromatic nitrogens is 1. The number of aliphatic carboxylic acids is 1. The molecule has 0 unspecified atom stereocenters. The summed E-state index contributed by atoms with van der Waals surface area (Å²) >= 11 is 0. The summed E-state index contributed by atoms with van der Waals surface area (Å²) in [6, 6.07) is 1.45. The molecule has 6 heteroatoms. The highest BCUT2D eigenvalue weighted by molar-refractivity contribution is 5.85. The van der Waals surface area contributed by atoms with Crippen LogP contribution in [0.2, 0.25) is 0 Å². The smallest absolute Gasteiger partial charge is 0.328 e. The summed E-state index contributed by atoms with van der Waals surface area (Å²) in [6.45, 7) is 1.71. The molecule has 1 atom stereocenters. The van der Waals surface area contributed by atoms with Gasteiger partial charge in [0.1, 0.15) is 0 Å². The van der Waals surface area contributed by atoms with Crippen LogP contribution in [0.3, 0.4) is 0 Å². The van der Waals surface area contributed by atoms with Gasteiger partial charge in [-0.1, -0.05) is 0 Å². The first-order valence-electron chi connectivity index (χ1n) is 5.69. The molecule has 3 N–H and O–H groups in total. The highest BCUT2D eigenvalue weighted by atomic mass is 19.1. The van der Waals surface area contributed by atoms with Crippen molar-refractivity contribution in [3.63, 3.8) is 0 Å². The summed E-state index contributed by atoms with van der Waals surface area (Å²) < 4.78 is 13.7. The second-order valence-corrected chi connectivity index (χ2v) is 4.10. The third-order valence-corrected chi connectivity index (χ3v) is 2.68. The zero-order valence-corrected chi connectivity index (χ0v) is 9.69. The van der Waals surface area contributed by atoms with Gasteiger partial charge in [-0.05, 0) is 30.7 Å². The SMILES string of the molecule is O=C(O)C=Cc1cnc(N[C@@H]2CCNC2)c(F)c1. The zero-order chi connectivity index (χ0) is 13.0. The topological polar surface area (TPSA) is 74.2 Å². The van der Waals surface area contributed by atoms with Crippen LogP contribution < -0.4 is 10.6 Å². The van der Waals surface area contributed by atoms with Crippen LogP contribution in [0.25, 0.3) is 6.08 Å². The van der Waals surface area contributed by atoms with Gasteiger partial charge in [0.2, 0.25) is 0 Å². The van der Waals surface area contributed by atoms with Crippen molar-refractivity contribution in [1.82, 2.24) is 10.3 Å². The molecule has 5 nitrogen and oxygen atoms in total. The Labute approximate surface area is 104 Å². The maximum absolute atomic E-state index is 13.7. The lowest BCUT2D eigenvalue weighted by Crippen LogP contribution is -2.23. The van der Waals surface area contributed by atoms with E-state index in [2.05, 4.69) is 15.6 Å².